The molecule has 0 bridgehead atoms. The number of thioether (sulfide) groups is 1. The van der Waals surface area contributed by atoms with Crippen LogP contribution in [0, 0.1) is 5.92 Å². The standard InChI is InChI=1S/C15H30N2S/c1-18-11-5-8-14(12-16)17-10-4-7-13-6-2-3-9-15(13)17/h13-15H,2-12,16H2,1H3/t13-,14?,15-/m1/s1. The van der Waals surface area contributed by atoms with E-state index >= 15 is 0 Å². The number of hydrogen-bond acceptors (Lipinski definition) is 3. The quantitative estimate of drug-likeness (QED) is 0.752. The van der Waals surface area contributed by atoms with Gasteiger partial charge < -0.3 is 5.73 Å². The van der Waals surface area contributed by atoms with Crippen LogP contribution in [0.3, 0.4) is 0 Å². The van der Waals surface area contributed by atoms with Gasteiger partial charge in [-0.05, 0) is 63.0 Å². The van der Waals surface area contributed by atoms with Crippen LogP contribution in [0.15, 0.2) is 0 Å². The van der Waals surface area contributed by atoms with Gasteiger partial charge in [-0.1, -0.05) is 12.8 Å². The molecule has 1 saturated heterocycles. The molecule has 106 valence electrons. The summed E-state index contributed by atoms with van der Waals surface area (Å²) in [6, 6.07) is 1.53. The molecule has 3 atom stereocenters. The zero-order valence-electron chi connectivity index (χ0n) is 11.9. The second-order valence-corrected chi connectivity index (χ2v) is 7.00. The van der Waals surface area contributed by atoms with Crippen molar-refractivity contribution in [3.8, 4) is 0 Å². The minimum atomic E-state index is 0.656. The van der Waals surface area contributed by atoms with Gasteiger partial charge in [0.1, 0.15) is 0 Å². The van der Waals surface area contributed by atoms with Crippen LogP contribution >= 0.6 is 11.8 Å². The van der Waals surface area contributed by atoms with E-state index in [0.717, 1.165) is 18.5 Å². The first-order chi connectivity index (χ1) is 8.86. The lowest BCUT2D eigenvalue weighted by atomic mass is 9.77. The number of likely N-dealkylation sites (tertiary alicyclic amines) is 1. The lowest BCUT2D eigenvalue weighted by Crippen LogP contribution is -2.53. The molecule has 2 fully saturated rings. The molecular weight excluding hydrogens is 240 g/mol. The normalized spacial score (nSPS) is 31.0. The van der Waals surface area contributed by atoms with Crippen LogP contribution in [0.1, 0.15) is 51.4 Å². The number of hydrogen-bond donors (Lipinski definition) is 1. The maximum absolute atomic E-state index is 6.06. The van der Waals surface area contributed by atoms with Gasteiger partial charge in [-0.15, -0.1) is 0 Å². The molecule has 18 heavy (non-hydrogen) atoms. The summed E-state index contributed by atoms with van der Waals surface area (Å²) >= 11 is 1.96. The van der Waals surface area contributed by atoms with E-state index in [4.69, 9.17) is 5.73 Å². The van der Waals surface area contributed by atoms with Crippen LogP contribution in [0.5, 0.6) is 0 Å². The third kappa shape index (κ3) is 3.64. The molecule has 3 heteroatoms. The second-order valence-electron chi connectivity index (χ2n) is 6.02. The highest BCUT2D eigenvalue weighted by molar-refractivity contribution is 7.98. The fourth-order valence-electron chi connectivity index (χ4n) is 4.00. The van der Waals surface area contributed by atoms with Gasteiger partial charge in [-0.2, -0.15) is 11.8 Å². The summed E-state index contributed by atoms with van der Waals surface area (Å²) in [5.74, 6) is 2.28. The number of nitrogens with two attached hydrogens (primary N) is 1. The van der Waals surface area contributed by atoms with Gasteiger partial charge in [-0.25, -0.2) is 0 Å². The van der Waals surface area contributed by atoms with Crippen molar-refractivity contribution < 1.29 is 0 Å². The van der Waals surface area contributed by atoms with Gasteiger partial charge in [-0.3, -0.25) is 4.90 Å². The van der Waals surface area contributed by atoms with E-state index in [2.05, 4.69) is 11.2 Å². The van der Waals surface area contributed by atoms with E-state index in [9.17, 15) is 0 Å². The summed E-state index contributed by atoms with van der Waals surface area (Å²) in [5.41, 5.74) is 6.06. The molecule has 1 aliphatic carbocycles. The zero-order chi connectivity index (χ0) is 12.8. The molecule has 1 heterocycles. The Bertz CT molecular complexity index is 233. The van der Waals surface area contributed by atoms with Gasteiger partial charge in [0.05, 0.1) is 0 Å². The van der Waals surface area contributed by atoms with Crippen molar-refractivity contribution in [3.05, 3.63) is 0 Å². The maximum Gasteiger partial charge on any atom is 0.0221 e. The Balaban J connectivity index is 1.90. The second kappa shape index (κ2) is 7.76. The molecule has 2 N–H and O–H groups in total. The lowest BCUT2D eigenvalue weighted by Gasteiger charge is -2.47. The summed E-state index contributed by atoms with van der Waals surface area (Å²) in [7, 11) is 0. The Labute approximate surface area is 117 Å². The Morgan fingerprint density at radius 3 is 2.78 bits per heavy atom. The van der Waals surface area contributed by atoms with E-state index in [0.29, 0.717) is 6.04 Å². The summed E-state index contributed by atoms with van der Waals surface area (Å²) in [6.07, 6.45) is 13.5. The van der Waals surface area contributed by atoms with Crippen molar-refractivity contribution in [1.29, 1.82) is 0 Å². The SMILES string of the molecule is CSCCCC(CN)N1CCC[C@H]2CCCC[C@H]21. The molecule has 1 aliphatic heterocycles. The van der Waals surface area contributed by atoms with Crippen LogP contribution in [0.25, 0.3) is 0 Å². The smallest absolute Gasteiger partial charge is 0.0221 e. The average molecular weight is 270 g/mol. The van der Waals surface area contributed by atoms with Crippen molar-refractivity contribution in [2.24, 2.45) is 11.7 Å². The number of nitrogens with zero attached hydrogens (tertiary/aromatic N) is 1. The van der Waals surface area contributed by atoms with Gasteiger partial charge in [0, 0.05) is 18.6 Å². The van der Waals surface area contributed by atoms with E-state index in [1.807, 2.05) is 11.8 Å². The minimum Gasteiger partial charge on any atom is -0.329 e. The Morgan fingerprint density at radius 2 is 2.00 bits per heavy atom. The zero-order valence-corrected chi connectivity index (χ0v) is 12.8. The third-order valence-electron chi connectivity index (χ3n) is 4.91. The fraction of sp³-hybridized carbons (Fsp3) is 1.00. The highest BCUT2D eigenvalue weighted by Gasteiger charge is 2.35. The molecule has 1 saturated carbocycles. The van der Waals surface area contributed by atoms with Crippen LogP contribution in [-0.2, 0) is 0 Å². The largest absolute Gasteiger partial charge is 0.329 e. The van der Waals surface area contributed by atoms with E-state index in [1.54, 1.807) is 0 Å². The molecule has 1 unspecified atom stereocenters. The molecule has 0 radical (unpaired) electrons. The van der Waals surface area contributed by atoms with Gasteiger partial charge in [0.15, 0.2) is 0 Å². The number of piperidine rings is 1. The summed E-state index contributed by atoms with van der Waals surface area (Å²) < 4.78 is 0. The lowest BCUT2D eigenvalue weighted by molar-refractivity contribution is 0.0254. The molecule has 2 aliphatic rings. The Hall–Kier alpha value is 0.270. The van der Waals surface area contributed by atoms with E-state index < -0.39 is 0 Å². The number of fused-ring (bicyclic) bond motifs is 1. The van der Waals surface area contributed by atoms with Crippen LogP contribution in [0.2, 0.25) is 0 Å². The van der Waals surface area contributed by atoms with E-state index in [1.165, 1.54) is 63.7 Å². The third-order valence-corrected chi connectivity index (χ3v) is 5.61. The molecule has 0 aromatic carbocycles. The number of rotatable bonds is 6. The van der Waals surface area contributed by atoms with Gasteiger partial charge in [0.2, 0.25) is 0 Å². The van der Waals surface area contributed by atoms with Gasteiger partial charge >= 0.3 is 0 Å². The monoisotopic (exact) mass is 270 g/mol. The van der Waals surface area contributed by atoms with Crippen LogP contribution < -0.4 is 5.73 Å². The van der Waals surface area contributed by atoms with Gasteiger partial charge in [0.25, 0.3) is 0 Å². The van der Waals surface area contributed by atoms with Crippen molar-refractivity contribution in [2.75, 3.05) is 25.1 Å². The molecule has 2 nitrogen and oxygen atoms in total. The summed E-state index contributed by atoms with van der Waals surface area (Å²) in [4.78, 5) is 2.80. The van der Waals surface area contributed by atoms with E-state index in [-0.39, 0.29) is 0 Å². The molecule has 0 spiro atoms. The van der Waals surface area contributed by atoms with Crippen molar-refractivity contribution in [2.45, 2.75) is 63.5 Å². The van der Waals surface area contributed by atoms with Crippen molar-refractivity contribution >= 4 is 11.8 Å². The predicted molar refractivity (Wildman–Crippen MR) is 82.1 cm³/mol. The first kappa shape index (κ1) is 14.7. The maximum atomic E-state index is 6.06. The average Bonchev–Trinajstić information content (AvgIpc) is 2.43. The highest BCUT2D eigenvalue weighted by Crippen LogP contribution is 2.36. The topological polar surface area (TPSA) is 29.3 Å². The summed E-state index contributed by atoms with van der Waals surface area (Å²) in [6.45, 7) is 2.17. The minimum absolute atomic E-state index is 0.656. The van der Waals surface area contributed by atoms with Crippen LogP contribution in [-0.4, -0.2) is 42.1 Å². The molecule has 2 rings (SSSR count). The molecule has 0 aromatic rings. The first-order valence-corrected chi connectivity index (χ1v) is 9.21. The first-order valence-electron chi connectivity index (χ1n) is 7.81. The fourth-order valence-corrected chi connectivity index (χ4v) is 4.45. The highest BCUT2D eigenvalue weighted by atomic mass is 32.2. The predicted octanol–water partition coefficient (Wildman–Crippen LogP) is 3.11. The summed E-state index contributed by atoms with van der Waals surface area (Å²) in [5, 5.41) is 0. The molecule has 0 aromatic heterocycles. The van der Waals surface area contributed by atoms with Crippen molar-refractivity contribution in [3.63, 3.8) is 0 Å². The molecule has 0 amide bonds. The van der Waals surface area contributed by atoms with Crippen molar-refractivity contribution in [1.82, 2.24) is 4.90 Å². The Kier molecular flexibility index (Phi) is 6.33. The molecular formula is C15H30N2S. The Morgan fingerprint density at radius 1 is 1.22 bits per heavy atom. The van der Waals surface area contributed by atoms with Crippen LogP contribution in [0.4, 0.5) is 0 Å².